The van der Waals surface area contributed by atoms with Crippen molar-refractivity contribution in [1.82, 2.24) is 0 Å². The Hall–Kier alpha value is -1.16. The van der Waals surface area contributed by atoms with Gasteiger partial charge in [-0.05, 0) is 31.5 Å². The van der Waals surface area contributed by atoms with Crippen LogP contribution in [0.4, 0.5) is 0 Å². The van der Waals surface area contributed by atoms with Gasteiger partial charge in [0.15, 0.2) is 6.35 Å². The zero-order chi connectivity index (χ0) is 13.6. The zero-order valence-electron chi connectivity index (χ0n) is 10.5. The average Bonchev–Trinajstić information content (AvgIpc) is 2.27. The molecule has 1 aromatic rings. The molecular weight excluding hydrogens is 255 g/mol. The second-order valence-corrected chi connectivity index (χ2v) is 5.64. The number of carbonyl (C=O) groups is 1. The summed E-state index contributed by atoms with van der Waals surface area (Å²) < 4.78 is 21.2. The standard InChI is InChI=1S/C12H17O5P/c1-3-17-18(14,15)9-16-12-6-4-11(5-7-12)8-10(2)13/h4-7H,3,8-9H2,1-2H3,(H,14,15). The Morgan fingerprint density at radius 1 is 1.33 bits per heavy atom. The highest BCUT2D eigenvalue weighted by atomic mass is 31.2. The van der Waals surface area contributed by atoms with Crippen molar-refractivity contribution in [2.24, 2.45) is 0 Å². The minimum atomic E-state index is -3.67. The minimum Gasteiger partial charge on any atom is -0.481 e. The number of ketones is 1. The number of hydrogen-bond acceptors (Lipinski definition) is 4. The molecule has 1 atom stereocenters. The normalized spacial score (nSPS) is 13.9. The lowest BCUT2D eigenvalue weighted by molar-refractivity contribution is -0.116. The van der Waals surface area contributed by atoms with Crippen LogP contribution >= 0.6 is 7.60 Å². The highest BCUT2D eigenvalue weighted by Gasteiger charge is 2.19. The van der Waals surface area contributed by atoms with Crippen molar-refractivity contribution < 1.29 is 23.5 Å². The second kappa shape index (κ2) is 6.69. The Morgan fingerprint density at radius 2 is 1.94 bits per heavy atom. The molecule has 0 aliphatic carbocycles. The maximum atomic E-state index is 11.4. The van der Waals surface area contributed by atoms with Gasteiger partial charge in [-0.25, -0.2) is 0 Å². The summed E-state index contributed by atoms with van der Waals surface area (Å²) in [5.74, 6) is 0.552. The molecule has 0 amide bonds. The van der Waals surface area contributed by atoms with Gasteiger partial charge in [-0.3, -0.25) is 9.36 Å². The fourth-order valence-corrected chi connectivity index (χ4v) is 2.18. The first kappa shape index (κ1) is 14.9. The largest absolute Gasteiger partial charge is 0.481 e. The maximum absolute atomic E-state index is 11.4. The van der Waals surface area contributed by atoms with E-state index in [0.29, 0.717) is 12.2 Å². The van der Waals surface area contributed by atoms with Gasteiger partial charge in [0.05, 0.1) is 6.61 Å². The number of carbonyl (C=O) groups excluding carboxylic acids is 1. The quantitative estimate of drug-likeness (QED) is 0.771. The van der Waals surface area contributed by atoms with E-state index in [4.69, 9.17) is 4.74 Å². The summed E-state index contributed by atoms with van der Waals surface area (Å²) in [5, 5.41) is 0. The predicted molar refractivity (Wildman–Crippen MR) is 67.8 cm³/mol. The molecule has 100 valence electrons. The molecule has 0 aliphatic heterocycles. The van der Waals surface area contributed by atoms with Crippen LogP contribution in [0.1, 0.15) is 19.4 Å². The molecule has 1 rings (SSSR count). The highest BCUT2D eigenvalue weighted by molar-refractivity contribution is 7.52. The smallest absolute Gasteiger partial charge is 0.365 e. The third-order valence-electron chi connectivity index (χ3n) is 2.10. The first-order valence-electron chi connectivity index (χ1n) is 5.60. The van der Waals surface area contributed by atoms with E-state index in [2.05, 4.69) is 4.52 Å². The van der Waals surface area contributed by atoms with E-state index < -0.39 is 7.60 Å². The van der Waals surface area contributed by atoms with Crippen molar-refractivity contribution in [3.8, 4) is 5.75 Å². The number of Topliss-reactive ketones (excluding diaryl/α,β-unsaturated/α-hetero) is 1. The molecule has 0 aliphatic rings. The maximum Gasteiger partial charge on any atom is 0.365 e. The van der Waals surface area contributed by atoms with E-state index in [-0.39, 0.29) is 18.7 Å². The van der Waals surface area contributed by atoms with Gasteiger partial charge in [0.25, 0.3) is 0 Å². The second-order valence-electron chi connectivity index (χ2n) is 3.85. The van der Waals surface area contributed by atoms with E-state index in [1.54, 1.807) is 31.2 Å². The SMILES string of the molecule is CCOP(=O)(O)COc1ccc(CC(C)=O)cc1. The Kier molecular flexibility index (Phi) is 5.54. The Bertz CT molecular complexity index is 440. The third-order valence-corrected chi connectivity index (χ3v) is 3.22. The van der Waals surface area contributed by atoms with Gasteiger partial charge in [-0.2, -0.15) is 0 Å². The van der Waals surface area contributed by atoms with Crippen molar-refractivity contribution in [3.63, 3.8) is 0 Å². The van der Waals surface area contributed by atoms with Crippen LogP contribution in [0.5, 0.6) is 5.75 Å². The average molecular weight is 272 g/mol. The molecule has 18 heavy (non-hydrogen) atoms. The van der Waals surface area contributed by atoms with Crippen LogP contribution < -0.4 is 4.74 Å². The first-order chi connectivity index (χ1) is 8.43. The first-order valence-corrected chi connectivity index (χ1v) is 7.37. The molecule has 1 N–H and O–H groups in total. The summed E-state index contributed by atoms with van der Waals surface area (Å²) in [7, 11) is -3.67. The molecule has 0 fully saturated rings. The lowest BCUT2D eigenvalue weighted by Gasteiger charge is -2.12. The Labute approximate surface area is 106 Å². The fourth-order valence-electron chi connectivity index (χ4n) is 1.39. The number of hydrogen-bond donors (Lipinski definition) is 1. The van der Waals surface area contributed by atoms with Crippen molar-refractivity contribution >= 4 is 13.4 Å². The lowest BCUT2D eigenvalue weighted by atomic mass is 10.1. The molecule has 0 spiro atoms. The number of ether oxygens (including phenoxy) is 1. The van der Waals surface area contributed by atoms with Crippen LogP contribution in [0.2, 0.25) is 0 Å². The van der Waals surface area contributed by atoms with Gasteiger partial charge >= 0.3 is 7.60 Å². The monoisotopic (exact) mass is 272 g/mol. The van der Waals surface area contributed by atoms with E-state index in [9.17, 15) is 14.3 Å². The van der Waals surface area contributed by atoms with Gasteiger partial charge in [0.2, 0.25) is 0 Å². The highest BCUT2D eigenvalue weighted by Crippen LogP contribution is 2.41. The lowest BCUT2D eigenvalue weighted by Crippen LogP contribution is -2.02. The van der Waals surface area contributed by atoms with Crippen LogP contribution in [0.3, 0.4) is 0 Å². The summed E-state index contributed by atoms with van der Waals surface area (Å²) >= 11 is 0. The molecule has 0 heterocycles. The van der Waals surface area contributed by atoms with Gasteiger partial charge in [-0.15, -0.1) is 0 Å². The molecule has 0 aromatic heterocycles. The van der Waals surface area contributed by atoms with Gasteiger partial charge in [0.1, 0.15) is 11.5 Å². The molecule has 0 bridgehead atoms. The Balaban J connectivity index is 2.54. The van der Waals surface area contributed by atoms with Crippen molar-refractivity contribution in [3.05, 3.63) is 29.8 Å². The van der Waals surface area contributed by atoms with Crippen molar-refractivity contribution in [1.29, 1.82) is 0 Å². The molecule has 0 saturated carbocycles. The molecular formula is C12H17O5P. The van der Waals surface area contributed by atoms with Crippen LogP contribution in [-0.2, 0) is 20.3 Å². The summed E-state index contributed by atoms with van der Waals surface area (Å²) in [6, 6.07) is 6.81. The summed E-state index contributed by atoms with van der Waals surface area (Å²) in [6.45, 7) is 3.32. The van der Waals surface area contributed by atoms with E-state index in [1.165, 1.54) is 6.92 Å². The summed E-state index contributed by atoms with van der Waals surface area (Å²) in [5.41, 5.74) is 0.881. The summed E-state index contributed by atoms with van der Waals surface area (Å²) in [6.07, 6.45) is -0.00931. The number of benzene rings is 1. The van der Waals surface area contributed by atoms with E-state index >= 15 is 0 Å². The van der Waals surface area contributed by atoms with Gasteiger partial charge in [-0.1, -0.05) is 12.1 Å². The predicted octanol–water partition coefficient (Wildman–Crippen LogP) is 2.38. The van der Waals surface area contributed by atoms with E-state index in [1.807, 2.05) is 0 Å². The van der Waals surface area contributed by atoms with Crippen LogP contribution in [-0.4, -0.2) is 23.6 Å². The van der Waals surface area contributed by atoms with Crippen LogP contribution in [0.15, 0.2) is 24.3 Å². The van der Waals surface area contributed by atoms with Crippen molar-refractivity contribution in [2.75, 3.05) is 13.0 Å². The zero-order valence-corrected chi connectivity index (χ0v) is 11.4. The topological polar surface area (TPSA) is 72.8 Å². The van der Waals surface area contributed by atoms with Gasteiger partial charge in [0, 0.05) is 6.42 Å². The van der Waals surface area contributed by atoms with Crippen LogP contribution in [0.25, 0.3) is 0 Å². The molecule has 0 saturated heterocycles. The molecule has 1 aromatic carbocycles. The van der Waals surface area contributed by atoms with Crippen LogP contribution in [0, 0.1) is 0 Å². The minimum absolute atomic E-state index is 0.0832. The fraction of sp³-hybridized carbons (Fsp3) is 0.417. The molecule has 1 unspecified atom stereocenters. The molecule has 0 radical (unpaired) electrons. The molecule has 6 heteroatoms. The Morgan fingerprint density at radius 3 is 2.44 bits per heavy atom. The number of rotatable bonds is 7. The van der Waals surface area contributed by atoms with Crippen molar-refractivity contribution in [2.45, 2.75) is 20.3 Å². The molecule has 5 nitrogen and oxygen atoms in total. The van der Waals surface area contributed by atoms with E-state index in [0.717, 1.165) is 5.56 Å². The summed E-state index contributed by atoms with van der Waals surface area (Å²) in [4.78, 5) is 20.2. The third kappa shape index (κ3) is 5.45. The van der Waals surface area contributed by atoms with Gasteiger partial charge < -0.3 is 14.2 Å².